The summed E-state index contributed by atoms with van der Waals surface area (Å²) < 4.78 is 2.30. The number of carbonyl (C=O) groups is 1. The van der Waals surface area contributed by atoms with E-state index in [0.29, 0.717) is 12.6 Å². The minimum absolute atomic E-state index is 0.123. The van der Waals surface area contributed by atoms with Gasteiger partial charge in [0.05, 0.1) is 0 Å². The number of aromatic nitrogens is 3. The highest BCUT2D eigenvalue weighted by Crippen LogP contribution is 2.33. The Kier molecular flexibility index (Phi) is 4.79. The van der Waals surface area contributed by atoms with Crippen LogP contribution < -0.4 is 10.6 Å². The molecular weight excluding hydrogens is 290 g/mol. The summed E-state index contributed by atoms with van der Waals surface area (Å²) in [5.74, 6) is 1.02. The van der Waals surface area contributed by atoms with Gasteiger partial charge in [-0.05, 0) is 38.8 Å². The number of hydrogen-bond acceptors (Lipinski definition) is 3. The fraction of sp³-hybridized carbons (Fsp3) is 0.588. The Hall–Kier alpha value is -2.11. The number of imidazole rings is 1. The average Bonchev–Trinajstić information content (AvgIpc) is 3.12. The lowest BCUT2D eigenvalue weighted by molar-refractivity contribution is 0.238. The van der Waals surface area contributed by atoms with Crippen LogP contribution in [0.1, 0.15) is 51.4 Å². The van der Waals surface area contributed by atoms with Crippen molar-refractivity contribution in [3.05, 3.63) is 24.2 Å². The lowest BCUT2D eigenvalue weighted by atomic mass is 10.2. The second kappa shape index (κ2) is 6.98. The van der Waals surface area contributed by atoms with Gasteiger partial charge in [-0.1, -0.05) is 12.8 Å². The molecule has 0 saturated heterocycles. The summed E-state index contributed by atoms with van der Waals surface area (Å²) in [7, 11) is 0. The van der Waals surface area contributed by atoms with Gasteiger partial charge in [-0.3, -0.25) is 0 Å². The van der Waals surface area contributed by atoms with Crippen LogP contribution in [0.15, 0.2) is 18.3 Å². The van der Waals surface area contributed by atoms with Crippen LogP contribution in [0.25, 0.3) is 11.2 Å². The van der Waals surface area contributed by atoms with Crippen molar-refractivity contribution >= 4 is 17.2 Å². The van der Waals surface area contributed by atoms with Crippen LogP contribution in [0.2, 0.25) is 0 Å². The second-order valence-electron chi connectivity index (χ2n) is 6.49. The first-order valence-electron chi connectivity index (χ1n) is 8.51. The Bertz CT molecular complexity index is 673. The van der Waals surface area contributed by atoms with Gasteiger partial charge in [0, 0.05) is 31.2 Å². The zero-order valence-corrected chi connectivity index (χ0v) is 13.9. The van der Waals surface area contributed by atoms with E-state index in [1.165, 1.54) is 25.7 Å². The van der Waals surface area contributed by atoms with Crippen LogP contribution in [-0.4, -0.2) is 33.2 Å². The van der Waals surface area contributed by atoms with Gasteiger partial charge in [0.15, 0.2) is 5.65 Å². The summed E-state index contributed by atoms with van der Waals surface area (Å²) >= 11 is 0. The molecule has 23 heavy (non-hydrogen) atoms. The highest BCUT2D eigenvalue weighted by atomic mass is 16.2. The zero-order chi connectivity index (χ0) is 16.2. The summed E-state index contributed by atoms with van der Waals surface area (Å²) in [5, 5.41) is 5.74. The largest absolute Gasteiger partial charge is 0.338 e. The van der Waals surface area contributed by atoms with Crippen LogP contribution in [0, 0.1) is 0 Å². The van der Waals surface area contributed by atoms with E-state index in [4.69, 9.17) is 4.98 Å². The lowest BCUT2D eigenvalue weighted by Crippen LogP contribution is -2.40. The third kappa shape index (κ3) is 3.63. The third-order valence-electron chi connectivity index (χ3n) is 4.27. The maximum Gasteiger partial charge on any atom is 0.314 e. The lowest BCUT2D eigenvalue weighted by Gasteiger charge is -2.16. The molecule has 0 spiro atoms. The van der Waals surface area contributed by atoms with E-state index in [1.807, 2.05) is 32.2 Å². The molecule has 1 fully saturated rings. The second-order valence-corrected chi connectivity index (χ2v) is 6.49. The molecule has 1 aliphatic carbocycles. The number of fused-ring (bicyclic) bond motifs is 1. The van der Waals surface area contributed by atoms with Crippen molar-refractivity contribution in [2.45, 2.75) is 58.0 Å². The fourth-order valence-corrected chi connectivity index (χ4v) is 3.30. The number of amides is 2. The van der Waals surface area contributed by atoms with Gasteiger partial charge in [-0.25, -0.2) is 14.8 Å². The smallest absolute Gasteiger partial charge is 0.314 e. The monoisotopic (exact) mass is 315 g/mol. The summed E-state index contributed by atoms with van der Waals surface area (Å²) in [6.07, 6.45) is 7.47. The van der Waals surface area contributed by atoms with Gasteiger partial charge in [-0.15, -0.1) is 0 Å². The molecule has 0 aromatic carbocycles. The first kappa shape index (κ1) is 15.8. The zero-order valence-electron chi connectivity index (χ0n) is 13.9. The number of nitrogens with one attached hydrogen (secondary N) is 2. The molecule has 2 N–H and O–H groups in total. The minimum Gasteiger partial charge on any atom is -0.338 e. The van der Waals surface area contributed by atoms with E-state index in [0.717, 1.165) is 23.4 Å². The van der Waals surface area contributed by atoms with Crippen LogP contribution in [0.4, 0.5) is 4.79 Å². The van der Waals surface area contributed by atoms with E-state index in [9.17, 15) is 4.79 Å². The van der Waals surface area contributed by atoms with Crippen molar-refractivity contribution in [3.63, 3.8) is 0 Å². The number of nitrogens with zero attached hydrogens (tertiary/aromatic N) is 3. The van der Waals surface area contributed by atoms with E-state index in [-0.39, 0.29) is 12.1 Å². The van der Waals surface area contributed by atoms with Crippen LogP contribution in [-0.2, 0) is 6.42 Å². The van der Waals surface area contributed by atoms with E-state index in [1.54, 1.807) is 0 Å². The summed E-state index contributed by atoms with van der Waals surface area (Å²) in [6, 6.07) is 4.45. The predicted molar refractivity (Wildman–Crippen MR) is 90.4 cm³/mol. The van der Waals surface area contributed by atoms with E-state index >= 15 is 0 Å². The van der Waals surface area contributed by atoms with Crippen molar-refractivity contribution < 1.29 is 4.79 Å². The SMILES string of the molecule is CC(C)NC(=O)NCCc1nc2cccnc2n1C1CCCC1. The van der Waals surface area contributed by atoms with Crippen LogP contribution >= 0.6 is 0 Å². The van der Waals surface area contributed by atoms with E-state index in [2.05, 4.69) is 20.2 Å². The van der Waals surface area contributed by atoms with Gasteiger partial charge in [0.1, 0.15) is 11.3 Å². The first-order valence-corrected chi connectivity index (χ1v) is 8.51. The van der Waals surface area contributed by atoms with Gasteiger partial charge >= 0.3 is 6.03 Å². The molecule has 0 bridgehead atoms. The van der Waals surface area contributed by atoms with Gasteiger partial charge in [0.2, 0.25) is 0 Å². The van der Waals surface area contributed by atoms with Crippen LogP contribution in [0.5, 0.6) is 0 Å². The molecule has 2 aromatic rings. The Morgan fingerprint density at radius 3 is 2.91 bits per heavy atom. The third-order valence-corrected chi connectivity index (χ3v) is 4.27. The molecule has 0 atom stereocenters. The maximum atomic E-state index is 11.7. The Balaban J connectivity index is 1.74. The molecule has 0 aliphatic heterocycles. The van der Waals surface area contributed by atoms with Crippen molar-refractivity contribution in [1.29, 1.82) is 0 Å². The number of urea groups is 1. The molecule has 1 saturated carbocycles. The Morgan fingerprint density at radius 1 is 1.39 bits per heavy atom. The summed E-state index contributed by atoms with van der Waals surface area (Å²) in [4.78, 5) is 21.0. The molecule has 124 valence electrons. The Labute approximate surface area is 136 Å². The van der Waals surface area contributed by atoms with Gasteiger partial charge in [0.25, 0.3) is 0 Å². The number of carbonyl (C=O) groups excluding carboxylic acids is 1. The van der Waals surface area contributed by atoms with Gasteiger partial charge in [-0.2, -0.15) is 0 Å². The molecule has 3 rings (SSSR count). The quantitative estimate of drug-likeness (QED) is 0.891. The van der Waals surface area contributed by atoms with Crippen molar-refractivity contribution in [3.8, 4) is 0 Å². The van der Waals surface area contributed by atoms with Crippen molar-refractivity contribution in [2.24, 2.45) is 0 Å². The molecule has 2 heterocycles. The highest BCUT2D eigenvalue weighted by Gasteiger charge is 2.23. The topological polar surface area (TPSA) is 71.8 Å². The predicted octanol–water partition coefficient (Wildman–Crippen LogP) is 2.80. The first-order chi connectivity index (χ1) is 11.1. The normalized spacial score (nSPS) is 15.4. The Morgan fingerprint density at radius 2 is 2.17 bits per heavy atom. The molecule has 0 unspecified atom stereocenters. The minimum atomic E-state index is -0.123. The van der Waals surface area contributed by atoms with Crippen molar-refractivity contribution in [1.82, 2.24) is 25.2 Å². The summed E-state index contributed by atoms with van der Waals surface area (Å²) in [6.45, 7) is 4.48. The molecule has 6 heteroatoms. The average molecular weight is 315 g/mol. The van der Waals surface area contributed by atoms with E-state index < -0.39 is 0 Å². The number of pyridine rings is 1. The fourth-order valence-electron chi connectivity index (χ4n) is 3.30. The highest BCUT2D eigenvalue weighted by molar-refractivity contribution is 5.74. The molecule has 2 amide bonds. The summed E-state index contributed by atoms with van der Waals surface area (Å²) in [5.41, 5.74) is 1.92. The molecule has 1 aliphatic rings. The molecule has 0 radical (unpaired) electrons. The molecular formula is C17H25N5O. The number of rotatable bonds is 5. The van der Waals surface area contributed by atoms with Crippen molar-refractivity contribution in [2.75, 3.05) is 6.54 Å². The van der Waals surface area contributed by atoms with Gasteiger partial charge < -0.3 is 15.2 Å². The molecule has 2 aromatic heterocycles. The number of hydrogen-bond donors (Lipinski definition) is 2. The maximum absolute atomic E-state index is 11.7. The standard InChI is InChI=1S/C17H25N5O/c1-12(2)20-17(23)19-11-9-15-21-14-8-5-10-18-16(14)22(15)13-6-3-4-7-13/h5,8,10,12-13H,3-4,6-7,9,11H2,1-2H3,(H2,19,20,23). The van der Waals surface area contributed by atoms with Crippen LogP contribution in [0.3, 0.4) is 0 Å². The molecule has 6 nitrogen and oxygen atoms in total.